The molecule has 0 aliphatic carbocycles. The quantitative estimate of drug-likeness (QED) is 0.324. The number of thiazole rings is 1. The summed E-state index contributed by atoms with van der Waals surface area (Å²) in [4.78, 5) is 30.8. The van der Waals surface area contributed by atoms with Gasteiger partial charge in [-0.2, -0.15) is 5.26 Å². The molecular formula is C29H30N4O3S. The SMILES string of the molecule is CC(C)Cn1c(CNC(=O)OC(C)(C)C)c(-c2ccccc2)c2cc(-c3nc(C#N)cs3)ccc2c1=O. The number of hydrogen-bond acceptors (Lipinski definition) is 6. The number of hydrogen-bond donors (Lipinski definition) is 1. The number of nitriles is 1. The number of nitrogens with one attached hydrogen (secondary N) is 1. The van der Waals surface area contributed by atoms with Crippen LogP contribution in [0.4, 0.5) is 4.79 Å². The maximum atomic E-state index is 13.8. The number of carbonyl (C=O) groups is 1. The Morgan fingerprint density at radius 3 is 2.49 bits per heavy atom. The molecule has 0 saturated carbocycles. The highest BCUT2D eigenvalue weighted by Gasteiger charge is 2.22. The maximum absolute atomic E-state index is 13.8. The van der Waals surface area contributed by atoms with Crippen molar-refractivity contribution in [2.45, 2.75) is 53.3 Å². The Bertz CT molecular complexity index is 1540. The Hall–Kier alpha value is -3.96. The van der Waals surface area contributed by atoms with E-state index in [1.165, 1.54) is 11.3 Å². The van der Waals surface area contributed by atoms with E-state index in [9.17, 15) is 14.9 Å². The van der Waals surface area contributed by atoms with E-state index in [-0.39, 0.29) is 18.0 Å². The van der Waals surface area contributed by atoms with E-state index in [2.05, 4.69) is 30.2 Å². The summed E-state index contributed by atoms with van der Waals surface area (Å²) in [6, 6.07) is 17.6. The van der Waals surface area contributed by atoms with Gasteiger partial charge in [-0.3, -0.25) is 4.79 Å². The van der Waals surface area contributed by atoms with Crippen LogP contribution in [0.5, 0.6) is 0 Å². The van der Waals surface area contributed by atoms with Gasteiger partial charge in [0.25, 0.3) is 5.56 Å². The molecule has 0 fully saturated rings. The summed E-state index contributed by atoms with van der Waals surface area (Å²) in [6.07, 6.45) is -0.546. The Kier molecular flexibility index (Phi) is 7.46. The zero-order valence-corrected chi connectivity index (χ0v) is 22.5. The monoisotopic (exact) mass is 514 g/mol. The Morgan fingerprint density at radius 2 is 1.86 bits per heavy atom. The Morgan fingerprint density at radius 1 is 1.14 bits per heavy atom. The van der Waals surface area contributed by atoms with E-state index in [4.69, 9.17) is 4.74 Å². The molecule has 0 spiro atoms. The van der Waals surface area contributed by atoms with Crippen molar-refractivity contribution in [1.29, 1.82) is 5.26 Å². The largest absolute Gasteiger partial charge is 0.444 e. The zero-order valence-electron chi connectivity index (χ0n) is 21.7. The molecule has 4 rings (SSSR count). The van der Waals surface area contributed by atoms with E-state index in [0.717, 1.165) is 22.1 Å². The van der Waals surface area contributed by atoms with Gasteiger partial charge in [0.05, 0.1) is 6.54 Å². The number of aromatic nitrogens is 2. The van der Waals surface area contributed by atoms with Gasteiger partial charge in [-0.15, -0.1) is 11.3 Å². The third kappa shape index (κ3) is 5.89. The molecule has 190 valence electrons. The molecule has 7 nitrogen and oxygen atoms in total. The van der Waals surface area contributed by atoms with E-state index in [1.54, 1.807) is 9.95 Å². The van der Waals surface area contributed by atoms with E-state index < -0.39 is 11.7 Å². The first-order valence-corrected chi connectivity index (χ1v) is 13.0. The molecule has 2 aromatic carbocycles. The fourth-order valence-corrected chi connectivity index (χ4v) is 4.97. The molecule has 0 unspecified atom stereocenters. The number of amides is 1. The lowest BCUT2D eigenvalue weighted by Gasteiger charge is -2.23. The summed E-state index contributed by atoms with van der Waals surface area (Å²) in [7, 11) is 0. The van der Waals surface area contributed by atoms with Crippen LogP contribution in [-0.4, -0.2) is 21.2 Å². The van der Waals surface area contributed by atoms with E-state index in [0.29, 0.717) is 28.3 Å². The van der Waals surface area contributed by atoms with E-state index in [1.807, 2.05) is 69.3 Å². The summed E-state index contributed by atoms with van der Waals surface area (Å²) < 4.78 is 7.23. The number of nitrogens with zero attached hydrogens (tertiary/aromatic N) is 3. The van der Waals surface area contributed by atoms with Crippen LogP contribution < -0.4 is 10.9 Å². The molecule has 1 amide bonds. The van der Waals surface area contributed by atoms with Gasteiger partial charge < -0.3 is 14.6 Å². The molecule has 0 bridgehead atoms. The van der Waals surface area contributed by atoms with Gasteiger partial charge in [-0.05, 0) is 49.8 Å². The second-order valence-corrected chi connectivity index (χ2v) is 11.1. The van der Waals surface area contributed by atoms with Gasteiger partial charge >= 0.3 is 6.09 Å². The van der Waals surface area contributed by atoms with Crippen LogP contribution in [0.3, 0.4) is 0 Å². The lowest BCUT2D eigenvalue weighted by molar-refractivity contribution is 0.0522. The van der Waals surface area contributed by atoms with Crippen molar-refractivity contribution in [1.82, 2.24) is 14.9 Å². The summed E-state index contributed by atoms with van der Waals surface area (Å²) in [5.74, 6) is 0.207. The first-order valence-electron chi connectivity index (χ1n) is 12.1. The van der Waals surface area contributed by atoms with Crippen LogP contribution in [0.2, 0.25) is 0 Å². The predicted molar refractivity (Wildman–Crippen MR) is 147 cm³/mol. The van der Waals surface area contributed by atoms with E-state index >= 15 is 0 Å². The molecular weight excluding hydrogens is 484 g/mol. The summed E-state index contributed by atoms with van der Waals surface area (Å²) in [6.45, 7) is 10.2. The van der Waals surface area contributed by atoms with Crippen molar-refractivity contribution in [3.8, 4) is 27.8 Å². The predicted octanol–water partition coefficient (Wildman–Crippen LogP) is 6.34. The van der Waals surface area contributed by atoms with Crippen LogP contribution in [0.15, 0.2) is 58.7 Å². The molecule has 0 atom stereocenters. The first-order chi connectivity index (χ1) is 17.6. The number of alkyl carbamates (subject to hydrolysis) is 1. The van der Waals surface area contributed by atoms with Gasteiger partial charge in [-0.25, -0.2) is 9.78 Å². The second kappa shape index (κ2) is 10.6. The minimum atomic E-state index is -0.641. The van der Waals surface area contributed by atoms with Crippen LogP contribution >= 0.6 is 11.3 Å². The molecule has 0 radical (unpaired) electrons. The number of carbonyl (C=O) groups excluding carboxylic acids is 1. The fraction of sp³-hybridized carbons (Fsp3) is 0.310. The van der Waals surface area contributed by atoms with Crippen LogP contribution in [0.1, 0.15) is 46.0 Å². The van der Waals surface area contributed by atoms with Crippen molar-refractivity contribution in [2.75, 3.05) is 0 Å². The average Bonchev–Trinajstić information content (AvgIpc) is 3.33. The smallest absolute Gasteiger partial charge is 0.407 e. The number of pyridine rings is 1. The van der Waals surface area contributed by atoms with Crippen molar-refractivity contribution in [3.05, 3.63) is 75.7 Å². The maximum Gasteiger partial charge on any atom is 0.407 e. The molecule has 2 heterocycles. The highest BCUT2D eigenvalue weighted by atomic mass is 32.1. The summed E-state index contributed by atoms with van der Waals surface area (Å²) >= 11 is 1.39. The third-order valence-electron chi connectivity index (χ3n) is 5.65. The molecule has 0 aliphatic heterocycles. The first kappa shape index (κ1) is 26.1. The summed E-state index contributed by atoms with van der Waals surface area (Å²) in [5.41, 5.74) is 2.93. The topological polar surface area (TPSA) is 97.0 Å². The van der Waals surface area contributed by atoms with Gasteiger partial charge in [-0.1, -0.05) is 50.2 Å². The van der Waals surface area contributed by atoms with Crippen molar-refractivity contribution in [3.63, 3.8) is 0 Å². The molecule has 37 heavy (non-hydrogen) atoms. The van der Waals surface area contributed by atoms with Gasteiger partial charge in [0.2, 0.25) is 0 Å². The lowest BCUT2D eigenvalue weighted by atomic mass is 9.95. The Balaban J connectivity index is 1.97. The second-order valence-electron chi connectivity index (χ2n) is 10.3. The minimum Gasteiger partial charge on any atom is -0.444 e. The molecule has 4 aromatic rings. The molecule has 8 heteroatoms. The van der Waals surface area contributed by atoms with Crippen molar-refractivity contribution >= 4 is 28.2 Å². The highest BCUT2D eigenvalue weighted by molar-refractivity contribution is 7.13. The van der Waals surface area contributed by atoms with Crippen LogP contribution in [-0.2, 0) is 17.8 Å². The standard InChI is InChI=1S/C29H30N4O3S/c1-18(2)16-33-24(15-31-28(35)36-29(3,4)5)25(19-9-7-6-8-10-19)23-13-20(11-12-22(23)27(33)34)26-32-21(14-30)17-37-26/h6-13,17-18H,15-16H2,1-5H3,(H,31,35). The molecule has 1 N–H and O–H groups in total. The lowest BCUT2D eigenvalue weighted by Crippen LogP contribution is -2.35. The number of fused-ring (bicyclic) bond motifs is 1. The van der Waals surface area contributed by atoms with Gasteiger partial charge in [0.1, 0.15) is 16.7 Å². The Labute approximate surface area is 220 Å². The summed E-state index contributed by atoms with van der Waals surface area (Å²) in [5, 5.41) is 15.9. The minimum absolute atomic E-state index is 0.118. The zero-order chi connectivity index (χ0) is 26.7. The molecule has 2 aromatic heterocycles. The van der Waals surface area contributed by atoms with Crippen molar-refractivity contribution < 1.29 is 9.53 Å². The third-order valence-corrected chi connectivity index (χ3v) is 6.55. The van der Waals surface area contributed by atoms with Crippen LogP contribution in [0.25, 0.3) is 32.5 Å². The van der Waals surface area contributed by atoms with Gasteiger partial charge in [0, 0.05) is 34.1 Å². The highest BCUT2D eigenvalue weighted by Crippen LogP contribution is 2.34. The normalized spacial score (nSPS) is 11.5. The average molecular weight is 515 g/mol. The molecule has 0 saturated heterocycles. The number of rotatable bonds is 6. The van der Waals surface area contributed by atoms with Crippen molar-refractivity contribution in [2.24, 2.45) is 5.92 Å². The fourth-order valence-electron chi connectivity index (χ4n) is 4.23. The number of benzene rings is 2. The van der Waals surface area contributed by atoms with Gasteiger partial charge in [0.15, 0.2) is 5.69 Å². The number of ether oxygens (including phenoxy) is 1. The molecule has 0 aliphatic rings. The van der Waals surface area contributed by atoms with Crippen LogP contribution in [0, 0.1) is 17.2 Å².